The SMILES string of the molecule is Cc1cccc(NS(=O)(=O)c2ccc(C(=O)N(C)Cc3ccc4c(c3)OCCO4)cc2)c1C. The topological polar surface area (TPSA) is 84.9 Å². The third-order valence-electron chi connectivity index (χ3n) is 5.63. The molecule has 3 aromatic carbocycles. The third-order valence-corrected chi connectivity index (χ3v) is 7.01. The first-order valence-electron chi connectivity index (χ1n) is 10.6. The third kappa shape index (κ3) is 4.96. The van der Waals surface area contributed by atoms with E-state index in [0.717, 1.165) is 16.7 Å². The monoisotopic (exact) mass is 466 g/mol. The fourth-order valence-corrected chi connectivity index (χ4v) is 4.72. The Morgan fingerprint density at radius 1 is 0.970 bits per heavy atom. The van der Waals surface area contributed by atoms with Crippen molar-refractivity contribution in [2.45, 2.75) is 25.3 Å². The van der Waals surface area contributed by atoms with Crippen LogP contribution in [0.25, 0.3) is 0 Å². The molecule has 0 radical (unpaired) electrons. The number of hydrogen-bond acceptors (Lipinski definition) is 5. The molecule has 1 heterocycles. The van der Waals surface area contributed by atoms with Gasteiger partial charge in [0.2, 0.25) is 0 Å². The summed E-state index contributed by atoms with van der Waals surface area (Å²) in [5.41, 5.74) is 3.72. The van der Waals surface area contributed by atoms with Crippen LogP contribution in [0.1, 0.15) is 27.0 Å². The lowest BCUT2D eigenvalue weighted by Gasteiger charge is -2.21. The molecule has 0 atom stereocenters. The molecule has 0 unspecified atom stereocenters. The number of aryl methyl sites for hydroxylation is 1. The number of amides is 1. The molecular weight excluding hydrogens is 440 g/mol. The van der Waals surface area contributed by atoms with Crippen LogP contribution >= 0.6 is 0 Å². The van der Waals surface area contributed by atoms with Crippen molar-refractivity contribution in [2.75, 3.05) is 25.0 Å². The molecule has 1 aliphatic rings. The molecular formula is C25H26N2O5S. The summed E-state index contributed by atoms with van der Waals surface area (Å²) < 4.78 is 39.4. The van der Waals surface area contributed by atoms with E-state index in [0.29, 0.717) is 42.5 Å². The Bertz CT molecular complexity index is 1290. The van der Waals surface area contributed by atoms with Crippen LogP contribution in [0, 0.1) is 13.8 Å². The van der Waals surface area contributed by atoms with Crippen molar-refractivity contribution in [2.24, 2.45) is 0 Å². The van der Waals surface area contributed by atoms with Crippen molar-refractivity contribution in [3.63, 3.8) is 0 Å². The lowest BCUT2D eigenvalue weighted by Crippen LogP contribution is -2.26. The summed E-state index contributed by atoms with van der Waals surface area (Å²) in [5, 5.41) is 0. The maximum Gasteiger partial charge on any atom is 0.261 e. The van der Waals surface area contributed by atoms with Gasteiger partial charge in [-0.3, -0.25) is 9.52 Å². The number of rotatable bonds is 6. The number of hydrogen-bond donors (Lipinski definition) is 1. The maximum atomic E-state index is 12.9. The number of sulfonamides is 1. The smallest absolute Gasteiger partial charge is 0.261 e. The largest absolute Gasteiger partial charge is 0.486 e. The first-order chi connectivity index (χ1) is 15.7. The van der Waals surface area contributed by atoms with E-state index in [1.807, 2.05) is 38.1 Å². The van der Waals surface area contributed by atoms with Crippen molar-refractivity contribution in [3.8, 4) is 11.5 Å². The molecule has 0 fully saturated rings. The lowest BCUT2D eigenvalue weighted by atomic mass is 10.1. The fourth-order valence-electron chi connectivity index (χ4n) is 3.59. The molecule has 33 heavy (non-hydrogen) atoms. The van der Waals surface area contributed by atoms with Crippen LogP contribution in [-0.2, 0) is 16.6 Å². The highest BCUT2D eigenvalue weighted by molar-refractivity contribution is 7.92. The molecule has 172 valence electrons. The van der Waals surface area contributed by atoms with E-state index in [2.05, 4.69) is 4.72 Å². The molecule has 0 spiro atoms. The molecule has 1 N–H and O–H groups in total. The fraction of sp³-hybridized carbons (Fsp3) is 0.240. The zero-order chi connectivity index (χ0) is 23.6. The standard InChI is InChI=1S/C25H26N2O5S/c1-17-5-4-6-22(18(17)2)26-33(29,30)21-10-8-20(9-11-21)25(28)27(3)16-19-7-12-23-24(15-19)32-14-13-31-23/h4-12,15,26H,13-14,16H2,1-3H3. The van der Waals surface area contributed by atoms with Gasteiger partial charge in [0.25, 0.3) is 15.9 Å². The minimum atomic E-state index is -3.77. The summed E-state index contributed by atoms with van der Waals surface area (Å²) in [4.78, 5) is 14.5. The van der Waals surface area contributed by atoms with Gasteiger partial charge in [-0.25, -0.2) is 8.42 Å². The van der Waals surface area contributed by atoms with Crippen LogP contribution in [0.4, 0.5) is 5.69 Å². The number of benzene rings is 3. The average Bonchev–Trinajstić information content (AvgIpc) is 2.81. The van der Waals surface area contributed by atoms with Gasteiger partial charge in [-0.1, -0.05) is 18.2 Å². The highest BCUT2D eigenvalue weighted by Gasteiger charge is 2.19. The minimum absolute atomic E-state index is 0.0921. The Balaban J connectivity index is 1.45. The molecule has 1 aliphatic heterocycles. The van der Waals surface area contributed by atoms with E-state index in [1.165, 1.54) is 24.3 Å². The Hall–Kier alpha value is -3.52. The van der Waals surface area contributed by atoms with E-state index in [4.69, 9.17) is 9.47 Å². The second kappa shape index (κ2) is 9.15. The Morgan fingerprint density at radius 3 is 2.39 bits per heavy atom. The molecule has 0 bridgehead atoms. The van der Waals surface area contributed by atoms with E-state index < -0.39 is 10.0 Å². The van der Waals surface area contributed by atoms with Gasteiger partial charge in [-0.05, 0) is 73.0 Å². The highest BCUT2D eigenvalue weighted by Crippen LogP contribution is 2.31. The van der Waals surface area contributed by atoms with E-state index in [1.54, 1.807) is 24.1 Å². The number of fused-ring (bicyclic) bond motifs is 1. The van der Waals surface area contributed by atoms with Gasteiger partial charge in [-0.2, -0.15) is 0 Å². The van der Waals surface area contributed by atoms with Gasteiger partial charge >= 0.3 is 0 Å². The van der Waals surface area contributed by atoms with Crippen molar-refractivity contribution in [1.82, 2.24) is 4.90 Å². The Morgan fingerprint density at radius 2 is 1.67 bits per heavy atom. The van der Waals surface area contributed by atoms with Crippen LogP contribution in [-0.4, -0.2) is 39.5 Å². The summed E-state index contributed by atoms with van der Waals surface area (Å²) in [5.74, 6) is 1.16. The number of carbonyl (C=O) groups excluding carboxylic acids is 1. The summed E-state index contributed by atoms with van der Waals surface area (Å²) in [6.45, 7) is 5.20. The molecule has 3 aromatic rings. The summed E-state index contributed by atoms with van der Waals surface area (Å²) >= 11 is 0. The van der Waals surface area contributed by atoms with Gasteiger partial charge in [0.05, 0.1) is 10.6 Å². The quantitative estimate of drug-likeness (QED) is 0.590. The van der Waals surface area contributed by atoms with Gasteiger partial charge in [0.15, 0.2) is 11.5 Å². The van der Waals surface area contributed by atoms with Crippen molar-refractivity contribution in [1.29, 1.82) is 0 Å². The molecule has 0 saturated heterocycles. The van der Waals surface area contributed by atoms with E-state index in [-0.39, 0.29) is 10.8 Å². The Labute approximate surface area is 194 Å². The summed E-state index contributed by atoms with van der Waals surface area (Å²) in [6.07, 6.45) is 0. The van der Waals surface area contributed by atoms with Gasteiger partial charge < -0.3 is 14.4 Å². The van der Waals surface area contributed by atoms with Crippen molar-refractivity contribution < 1.29 is 22.7 Å². The molecule has 8 heteroatoms. The summed E-state index contributed by atoms with van der Waals surface area (Å²) in [7, 11) is -2.07. The Kier molecular flexibility index (Phi) is 6.29. The second-order valence-electron chi connectivity index (χ2n) is 8.02. The van der Waals surface area contributed by atoms with Crippen LogP contribution in [0.3, 0.4) is 0 Å². The average molecular weight is 467 g/mol. The zero-order valence-corrected chi connectivity index (χ0v) is 19.6. The van der Waals surface area contributed by atoms with Crippen molar-refractivity contribution >= 4 is 21.6 Å². The molecule has 1 amide bonds. The first-order valence-corrected chi connectivity index (χ1v) is 12.1. The minimum Gasteiger partial charge on any atom is -0.486 e. The first kappa shape index (κ1) is 22.7. The summed E-state index contributed by atoms with van der Waals surface area (Å²) in [6, 6.07) is 17.0. The zero-order valence-electron chi connectivity index (χ0n) is 18.8. The number of nitrogens with one attached hydrogen (secondary N) is 1. The lowest BCUT2D eigenvalue weighted by molar-refractivity contribution is 0.0784. The number of ether oxygens (including phenoxy) is 2. The predicted octanol–water partition coefficient (Wildman–Crippen LogP) is 4.15. The number of anilines is 1. The van der Waals surface area contributed by atoms with Gasteiger partial charge in [0, 0.05) is 19.2 Å². The molecule has 0 aromatic heterocycles. The van der Waals surface area contributed by atoms with Crippen LogP contribution in [0.5, 0.6) is 11.5 Å². The molecule has 0 saturated carbocycles. The van der Waals surface area contributed by atoms with E-state index >= 15 is 0 Å². The van der Waals surface area contributed by atoms with Gasteiger partial charge in [0.1, 0.15) is 13.2 Å². The van der Waals surface area contributed by atoms with Crippen LogP contribution in [0.2, 0.25) is 0 Å². The normalized spacial score (nSPS) is 12.8. The second-order valence-corrected chi connectivity index (χ2v) is 9.70. The van der Waals surface area contributed by atoms with Crippen LogP contribution < -0.4 is 14.2 Å². The highest BCUT2D eigenvalue weighted by atomic mass is 32.2. The molecule has 7 nitrogen and oxygen atoms in total. The molecule has 0 aliphatic carbocycles. The van der Waals surface area contributed by atoms with E-state index in [9.17, 15) is 13.2 Å². The predicted molar refractivity (Wildman–Crippen MR) is 126 cm³/mol. The van der Waals surface area contributed by atoms with Crippen molar-refractivity contribution in [3.05, 3.63) is 82.9 Å². The molecule has 4 rings (SSSR count). The van der Waals surface area contributed by atoms with Crippen LogP contribution in [0.15, 0.2) is 65.6 Å². The number of carbonyl (C=O) groups is 1. The maximum absolute atomic E-state index is 12.9. The number of nitrogens with zero attached hydrogens (tertiary/aromatic N) is 1. The van der Waals surface area contributed by atoms with Gasteiger partial charge in [-0.15, -0.1) is 0 Å².